The third kappa shape index (κ3) is 3.53. The lowest BCUT2D eigenvalue weighted by Crippen LogP contribution is -2.41. The average Bonchev–Trinajstić information content (AvgIpc) is 3.29. The van der Waals surface area contributed by atoms with E-state index in [0.717, 1.165) is 30.6 Å². The highest BCUT2D eigenvalue weighted by Crippen LogP contribution is 2.28. The molecule has 1 aliphatic carbocycles. The van der Waals surface area contributed by atoms with E-state index in [0.29, 0.717) is 19.1 Å². The van der Waals surface area contributed by atoms with Crippen LogP contribution < -0.4 is 16.0 Å². The monoisotopic (exact) mass is 291 g/mol. The molecule has 3 N–H and O–H groups in total. The quantitative estimate of drug-likeness (QED) is 0.869. The van der Waals surface area contributed by atoms with Gasteiger partial charge in [0.1, 0.15) is 5.82 Å². The van der Waals surface area contributed by atoms with Crippen LogP contribution in [-0.4, -0.2) is 25.0 Å². The summed E-state index contributed by atoms with van der Waals surface area (Å²) in [6.45, 7) is 2.21. The molecule has 2 aliphatic rings. The zero-order valence-electron chi connectivity index (χ0n) is 12.1. The summed E-state index contributed by atoms with van der Waals surface area (Å²) in [5.41, 5.74) is 7.43. The molecule has 0 bridgehead atoms. The van der Waals surface area contributed by atoms with E-state index in [2.05, 4.69) is 10.2 Å². The van der Waals surface area contributed by atoms with Gasteiger partial charge in [0.15, 0.2) is 0 Å². The van der Waals surface area contributed by atoms with Gasteiger partial charge in [0.2, 0.25) is 5.91 Å². The number of benzene rings is 1. The molecule has 1 unspecified atom stereocenters. The van der Waals surface area contributed by atoms with E-state index in [9.17, 15) is 9.18 Å². The van der Waals surface area contributed by atoms with E-state index in [4.69, 9.17) is 5.73 Å². The number of nitrogens with two attached hydrogens (primary N) is 1. The Morgan fingerprint density at radius 2 is 2.19 bits per heavy atom. The number of hydrogen-bond donors (Lipinski definition) is 2. The van der Waals surface area contributed by atoms with Gasteiger partial charge in [-0.3, -0.25) is 4.79 Å². The molecule has 0 aromatic heterocycles. The molecule has 1 saturated heterocycles. The number of carbonyl (C=O) groups is 1. The van der Waals surface area contributed by atoms with Crippen LogP contribution in [0.2, 0.25) is 0 Å². The van der Waals surface area contributed by atoms with Crippen molar-refractivity contribution in [1.29, 1.82) is 0 Å². The van der Waals surface area contributed by atoms with Crippen LogP contribution in [0, 0.1) is 11.7 Å². The standard InChI is InChI=1S/C16H22FN3O/c17-13-3-6-15(12(8-13)9-19-14-4-5-14)20-7-1-2-11(10-20)16(18)21/h3,6,8,11,14,19H,1-2,4-5,7,9-10H2,(H2,18,21). The Labute approximate surface area is 124 Å². The fourth-order valence-electron chi connectivity index (χ4n) is 2.97. The van der Waals surface area contributed by atoms with Crippen LogP contribution in [0.3, 0.4) is 0 Å². The number of carbonyl (C=O) groups excluding carboxylic acids is 1. The highest BCUT2D eigenvalue weighted by atomic mass is 19.1. The topological polar surface area (TPSA) is 58.4 Å². The summed E-state index contributed by atoms with van der Waals surface area (Å²) in [6.07, 6.45) is 4.21. The molecule has 1 aliphatic heterocycles. The second-order valence-electron chi connectivity index (χ2n) is 6.12. The zero-order valence-corrected chi connectivity index (χ0v) is 12.1. The molecule has 114 valence electrons. The molecular formula is C16H22FN3O. The van der Waals surface area contributed by atoms with Crippen LogP contribution in [0.4, 0.5) is 10.1 Å². The molecule has 1 amide bonds. The lowest BCUT2D eigenvalue weighted by Gasteiger charge is -2.34. The van der Waals surface area contributed by atoms with E-state index >= 15 is 0 Å². The van der Waals surface area contributed by atoms with Gasteiger partial charge in [-0.2, -0.15) is 0 Å². The minimum absolute atomic E-state index is 0.104. The van der Waals surface area contributed by atoms with Crippen molar-refractivity contribution in [2.75, 3.05) is 18.0 Å². The van der Waals surface area contributed by atoms with Crippen LogP contribution in [0.1, 0.15) is 31.2 Å². The normalized spacial score (nSPS) is 22.3. The van der Waals surface area contributed by atoms with Crippen molar-refractivity contribution in [3.05, 3.63) is 29.6 Å². The molecule has 21 heavy (non-hydrogen) atoms. The molecule has 0 radical (unpaired) electrons. The largest absolute Gasteiger partial charge is 0.370 e. The van der Waals surface area contributed by atoms with Gasteiger partial charge in [-0.05, 0) is 49.4 Å². The van der Waals surface area contributed by atoms with Crippen LogP contribution in [0.15, 0.2) is 18.2 Å². The summed E-state index contributed by atoms with van der Waals surface area (Å²) >= 11 is 0. The summed E-state index contributed by atoms with van der Waals surface area (Å²) in [5.74, 6) is -0.553. The van der Waals surface area contributed by atoms with Crippen molar-refractivity contribution >= 4 is 11.6 Å². The number of nitrogens with zero attached hydrogens (tertiary/aromatic N) is 1. The number of rotatable bonds is 5. The smallest absolute Gasteiger partial charge is 0.222 e. The van der Waals surface area contributed by atoms with E-state index in [1.54, 1.807) is 6.07 Å². The van der Waals surface area contributed by atoms with Gasteiger partial charge in [-0.15, -0.1) is 0 Å². The van der Waals surface area contributed by atoms with E-state index in [1.807, 2.05) is 6.07 Å². The molecule has 5 heteroatoms. The molecule has 2 fully saturated rings. The minimum Gasteiger partial charge on any atom is -0.370 e. The highest BCUT2D eigenvalue weighted by Gasteiger charge is 2.26. The first-order valence-electron chi connectivity index (χ1n) is 7.69. The number of hydrogen-bond acceptors (Lipinski definition) is 3. The van der Waals surface area contributed by atoms with Gasteiger partial charge in [-0.1, -0.05) is 0 Å². The molecule has 4 nitrogen and oxygen atoms in total. The Morgan fingerprint density at radius 1 is 1.38 bits per heavy atom. The maximum atomic E-state index is 13.5. The molecule has 1 atom stereocenters. The molecule has 1 heterocycles. The van der Waals surface area contributed by atoms with Crippen molar-refractivity contribution < 1.29 is 9.18 Å². The Balaban J connectivity index is 1.77. The Morgan fingerprint density at radius 3 is 2.90 bits per heavy atom. The van der Waals surface area contributed by atoms with Gasteiger partial charge in [0, 0.05) is 31.4 Å². The summed E-state index contributed by atoms with van der Waals surface area (Å²) in [6, 6.07) is 5.49. The van der Waals surface area contributed by atoms with E-state index in [1.165, 1.54) is 18.9 Å². The summed E-state index contributed by atoms with van der Waals surface area (Å²) in [4.78, 5) is 13.6. The average molecular weight is 291 g/mol. The highest BCUT2D eigenvalue weighted by molar-refractivity contribution is 5.77. The molecule has 1 saturated carbocycles. The third-order valence-electron chi connectivity index (χ3n) is 4.36. The van der Waals surface area contributed by atoms with Crippen LogP contribution in [0.25, 0.3) is 0 Å². The van der Waals surface area contributed by atoms with Crippen molar-refractivity contribution in [2.24, 2.45) is 11.7 Å². The van der Waals surface area contributed by atoms with E-state index < -0.39 is 0 Å². The van der Waals surface area contributed by atoms with Gasteiger partial charge in [0.25, 0.3) is 0 Å². The number of piperidine rings is 1. The number of anilines is 1. The Bertz CT molecular complexity index is 530. The van der Waals surface area contributed by atoms with Crippen molar-refractivity contribution in [3.63, 3.8) is 0 Å². The minimum atomic E-state index is -0.237. The van der Waals surface area contributed by atoms with Crippen LogP contribution in [0.5, 0.6) is 0 Å². The van der Waals surface area contributed by atoms with Crippen molar-refractivity contribution in [3.8, 4) is 0 Å². The Hall–Kier alpha value is -1.62. The Kier molecular flexibility index (Phi) is 4.10. The third-order valence-corrected chi connectivity index (χ3v) is 4.36. The summed E-state index contributed by atoms with van der Waals surface area (Å²) in [5, 5.41) is 3.43. The fraction of sp³-hybridized carbons (Fsp3) is 0.562. The molecule has 1 aromatic carbocycles. The predicted molar refractivity (Wildman–Crippen MR) is 80.4 cm³/mol. The second-order valence-corrected chi connectivity index (χ2v) is 6.12. The number of nitrogens with one attached hydrogen (secondary N) is 1. The van der Waals surface area contributed by atoms with Gasteiger partial charge in [0.05, 0.1) is 5.92 Å². The lowest BCUT2D eigenvalue weighted by molar-refractivity contribution is -0.122. The van der Waals surface area contributed by atoms with Crippen LogP contribution >= 0.6 is 0 Å². The van der Waals surface area contributed by atoms with Gasteiger partial charge < -0.3 is 16.0 Å². The first-order valence-corrected chi connectivity index (χ1v) is 7.69. The molecule has 0 spiro atoms. The SMILES string of the molecule is NC(=O)C1CCCN(c2ccc(F)cc2CNC2CC2)C1. The summed E-state index contributed by atoms with van der Waals surface area (Å²) in [7, 11) is 0. The molecule has 3 rings (SSSR count). The summed E-state index contributed by atoms with van der Waals surface area (Å²) < 4.78 is 13.5. The van der Waals surface area contributed by atoms with Crippen molar-refractivity contribution in [2.45, 2.75) is 38.3 Å². The zero-order chi connectivity index (χ0) is 14.8. The predicted octanol–water partition coefficient (Wildman–Crippen LogP) is 1.78. The molecule has 1 aromatic rings. The lowest BCUT2D eigenvalue weighted by atomic mass is 9.96. The number of halogens is 1. The first kappa shape index (κ1) is 14.3. The van der Waals surface area contributed by atoms with Crippen molar-refractivity contribution in [1.82, 2.24) is 5.32 Å². The number of primary amides is 1. The van der Waals surface area contributed by atoms with Gasteiger partial charge in [-0.25, -0.2) is 4.39 Å². The maximum absolute atomic E-state index is 13.5. The first-order chi connectivity index (χ1) is 10.1. The number of amides is 1. The maximum Gasteiger partial charge on any atom is 0.222 e. The van der Waals surface area contributed by atoms with Crippen LogP contribution in [-0.2, 0) is 11.3 Å². The second kappa shape index (κ2) is 6.02. The van der Waals surface area contributed by atoms with Gasteiger partial charge >= 0.3 is 0 Å². The fourth-order valence-corrected chi connectivity index (χ4v) is 2.97. The van der Waals surface area contributed by atoms with E-state index in [-0.39, 0.29) is 17.6 Å². The molecular weight excluding hydrogens is 269 g/mol.